The molecule has 0 radical (unpaired) electrons. The van der Waals surface area contributed by atoms with E-state index in [-0.39, 0.29) is 29.9 Å². The lowest BCUT2D eigenvalue weighted by Gasteiger charge is -2.00. The molecule has 0 heterocycles. The van der Waals surface area contributed by atoms with Crippen LogP contribution in [0.25, 0.3) is 0 Å². The van der Waals surface area contributed by atoms with Crippen LogP contribution in [-0.4, -0.2) is 23.2 Å². The number of carbonyl (C=O) groups excluding carboxylic acids is 2. The summed E-state index contributed by atoms with van der Waals surface area (Å²) in [6.07, 6.45) is 5.38. The predicted octanol–water partition coefficient (Wildman–Crippen LogP) is 2.56. The van der Waals surface area contributed by atoms with Gasteiger partial charge in [-0.1, -0.05) is 37.9 Å². The SMILES string of the molecule is CCCCCCSC(=O)CCC(=O)CN.Cl. The summed E-state index contributed by atoms with van der Waals surface area (Å²) < 4.78 is 0. The van der Waals surface area contributed by atoms with Gasteiger partial charge in [-0.2, -0.15) is 0 Å². The molecule has 0 aromatic heterocycles. The van der Waals surface area contributed by atoms with Crippen molar-refractivity contribution in [1.82, 2.24) is 0 Å². The summed E-state index contributed by atoms with van der Waals surface area (Å²) >= 11 is 1.35. The van der Waals surface area contributed by atoms with Gasteiger partial charge in [-0.05, 0) is 6.42 Å². The molecule has 0 aliphatic carbocycles. The topological polar surface area (TPSA) is 60.2 Å². The van der Waals surface area contributed by atoms with Crippen LogP contribution in [0.3, 0.4) is 0 Å². The maximum atomic E-state index is 11.3. The molecular formula is C11H22ClNO2S. The Morgan fingerprint density at radius 1 is 1.12 bits per heavy atom. The number of nitrogens with two attached hydrogens (primary N) is 1. The van der Waals surface area contributed by atoms with Gasteiger partial charge in [0.05, 0.1) is 6.54 Å². The second kappa shape index (κ2) is 13.0. The molecular weight excluding hydrogens is 246 g/mol. The Hall–Kier alpha value is -0.0600. The van der Waals surface area contributed by atoms with Crippen LogP contribution in [0.15, 0.2) is 0 Å². The number of hydrogen-bond acceptors (Lipinski definition) is 4. The van der Waals surface area contributed by atoms with Crippen molar-refractivity contribution in [2.24, 2.45) is 5.73 Å². The first-order chi connectivity index (χ1) is 7.20. The van der Waals surface area contributed by atoms with E-state index in [1.807, 2.05) is 0 Å². The second-order valence-corrected chi connectivity index (χ2v) is 4.68. The molecule has 5 heteroatoms. The Morgan fingerprint density at radius 3 is 2.38 bits per heavy atom. The summed E-state index contributed by atoms with van der Waals surface area (Å²) in [5, 5.41) is 0.119. The van der Waals surface area contributed by atoms with E-state index < -0.39 is 0 Å². The highest BCUT2D eigenvalue weighted by atomic mass is 35.5. The molecule has 0 bridgehead atoms. The standard InChI is InChI=1S/C11H21NO2S.ClH/c1-2-3-4-5-8-15-11(14)7-6-10(13)9-12;/h2-9,12H2,1H3;1H. The van der Waals surface area contributed by atoms with Crippen LogP contribution in [0.5, 0.6) is 0 Å². The Balaban J connectivity index is 0. The Bertz CT molecular complexity index is 200. The minimum atomic E-state index is -0.0325. The van der Waals surface area contributed by atoms with Gasteiger partial charge in [0, 0.05) is 18.6 Å². The molecule has 0 aromatic carbocycles. The largest absolute Gasteiger partial charge is 0.324 e. The zero-order chi connectivity index (χ0) is 11.5. The number of rotatable bonds is 9. The minimum Gasteiger partial charge on any atom is -0.324 e. The van der Waals surface area contributed by atoms with E-state index >= 15 is 0 Å². The van der Waals surface area contributed by atoms with E-state index in [1.54, 1.807) is 0 Å². The molecule has 0 aliphatic rings. The Morgan fingerprint density at radius 2 is 1.81 bits per heavy atom. The van der Waals surface area contributed by atoms with E-state index in [9.17, 15) is 9.59 Å². The maximum Gasteiger partial charge on any atom is 0.189 e. The lowest BCUT2D eigenvalue weighted by atomic mass is 10.2. The van der Waals surface area contributed by atoms with Crippen molar-refractivity contribution < 1.29 is 9.59 Å². The summed E-state index contributed by atoms with van der Waals surface area (Å²) in [6.45, 7) is 2.21. The average Bonchev–Trinajstić information content (AvgIpc) is 2.25. The first kappa shape index (κ1) is 18.3. The van der Waals surface area contributed by atoms with Gasteiger partial charge < -0.3 is 5.73 Å². The molecule has 0 saturated heterocycles. The monoisotopic (exact) mass is 267 g/mol. The number of Topliss-reactive ketones (excluding diaryl/α,β-unsaturated/α-hetero) is 1. The van der Waals surface area contributed by atoms with Crippen molar-refractivity contribution in [2.45, 2.75) is 45.4 Å². The van der Waals surface area contributed by atoms with Crippen molar-refractivity contribution in [3.63, 3.8) is 0 Å². The molecule has 0 saturated carbocycles. The maximum absolute atomic E-state index is 11.3. The molecule has 96 valence electrons. The van der Waals surface area contributed by atoms with Crippen molar-refractivity contribution in [3.8, 4) is 0 Å². The zero-order valence-corrected chi connectivity index (χ0v) is 11.5. The van der Waals surface area contributed by atoms with Gasteiger partial charge in [-0.3, -0.25) is 9.59 Å². The number of halogens is 1. The van der Waals surface area contributed by atoms with E-state index in [0.29, 0.717) is 12.8 Å². The lowest BCUT2D eigenvalue weighted by molar-refractivity contribution is -0.120. The smallest absolute Gasteiger partial charge is 0.189 e. The van der Waals surface area contributed by atoms with E-state index in [1.165, 1.54) is 31.0 Å². The van der Waals surface area contributed by atoms with Gasteiger partial charge in [0.2, 0.25) is 0 Å². The fourth-order valence-corrected chi connectivity index (χ4v) is 1.95. The fourth-order valence-electron chi connectivity index (χ4n) is 1.13. The quantitative estimate of drug-likeness (QED) is 0.652. The number of ketones is 1. The molecule has 0 unspecified atom stereocenters. The lowest BCUT2D eigenvalue weighted by Crippen LogP contribution is -2.14. The Labute approximate surface area is 108 Å². The predicted molar refractivity (Wildman–Crippen MR) is 72.2 cm³/mol. The third-order valence-corrected chi connectivity index (χ3v) is 3.12. The summed E-state index contributed by atoms with van der Waals surface area (Å²) in [4.78, 5) is 22.1. The van der Waals surface area contributed by atoms with Gasteiger partial charge in [0.15, 0.2) is 5.12 Å². The fraction of sp³-hybridized carbons (Fsp3) is 0.818. The van der Waals surface area contributed by atoms with Gasteiger partial charge in [0.1, 0.15) is 5.78 Å². The van der Waals surface area contributed by atoms with Gasteiger partial charge in [-0.25, -0.2) is 0 Å². The van der Waals surface area contributed by atoms with Gasteiger partial charge in [0.25, 0.3) is 0 Å². The van der Waals surface area contributed by atoms with E-state index in [2.05, 4.69) is 6.92 Å². The number of carbonyl (C=O) groups is 2. The normalized spacial score (nSPS) is 9.62. The molecule has 2 N–H and O–H groups in total. The third-order valence-electron chi connectivity index (χ3n) is 2.10. The van der Waals surface area contributed by atoms with Crippen LogP contribution in [-0.2, 0) is 9.59 Å². The van der Waals surface area contributed by atoms with Crippen LogP contribution >= 0.6 is 24.2 Å². The van der Waals surface area contributed by atoms with Crippen LogP contribution < -0.4 is 5.73 Å². The van der Waals surface area contributed by atoms with Crippen LogP contribution in [0, 0.1) is 0 Å². The van der Waals surface area contributed by atoms with Crippen molar-refractivity contribution >= 4 is 35.1 Å². The molecule has 3 nitrogen and oxygen atoms in total. The van der Waals surface area contributed by atoms with Gasteiger partial charge in [-0.15, -0.1) is 12.4 Å². The number of thioether (sulfide) groups is 1. The first-order valence-corrected chi connectivity index (χ1v) is 6.56. The van der Waals surface area contributed by atoms with E-state index in [4.69, 9.17) is 5.73 Å². The molecule has 0 amide bonds. The molecule has 0 fully saturated rings. The summed E-state index contributed by atoms with van der Waals surface area (Å²) in [5.41, 5.74) is 5.15. The van der Waals surface area contributed by atoms with Crippen LogP contribution in [0.4, 0.5) is 0 Å². The first-order valence-electron chi connectivity index (χ1n) is 5.58. The second-order valence-electron chi connectivity index (χ2n) is 3.52. The van der Waals surface area contributed by atoms with Crippen molar-refractivity contribution in [3.05, 3.63) is 0 Å². The highest BCUT2D eigenvalue weighted by molar-refractivity contribution is 8.13. The third kappa shape index (κ3) is 12.0. The molecule has 16 heavy (non-hydrogen) atoms. The van der Waals surface area contributed by atoms with Crippen LogP contribution in [0.1, 0.15) is 45.4 Å². The average molecular weight is 268 g/mol. The highest BCUT2D eigenvalue weighted by Gasteiger charge is 2.05. The molecule has 0 spiro atoms. The minimum absolute atomic E-state index is 0. The number of unbranched alkanes of at least 4 members (excludes halogenated alkanes) is 3. The van der Waals surface area contributed by atoms with Crippen molar-refractivity contribution in [2.75, 3.05) is 12.3 Å². The highest BCUT2D eigenvalue weighted by Crippen LogP contribution is 2.11. The summed E-state index contributed by atoms with van der Waals surface area (Å²) in [6, 6.07) is 0. The van der Waals surface area contributed by atoms with Crippen LogP contribution in [0.2, 0.25) is 0 Å². The summed E-state index contributed by atoms with van der Waals surface area (Å²) in [7, 11) is 0. The molecule has 0 rings (SSSR count). The molecule has 0 atom stereocenters. The Kier molecular flexibility index (Phi) is 14.9. The molecule has 0 aliphatic heterocycles. The number of hydrogen-bond donors (Lipinski definition) is 1. The van der Waals surface area contributed by atoms with Crippen molar-refractivity contribution in [1.29, 1.82) is 0 Å². The zero-order valence-electron chi connectivity index (χ0n) is 9.87. The van der Waals surface area contributed by atoms with E-state index in [0.717, 1.165) is 12.2 Å². The van der Waals surface area contributed by atoms with Gasteiger partial charge >= 0.3 is 0 Å². The molecule has 0 aromatic rings. The summed E-state index contributed by atoms with van der Waals surface area (Å²) in [5.74, 6) is 0.852.